The van der Waals surface area contributed by atoms with E-state index in [1.165, 1.54) is 0 Å². The maximum Gasteiger partial charge on any atom is 0.188 e. The monoisotopic (exact) mass is 278 g/mol. The van der Waals surface area contributed by atoms with Crippen molar-refractivity contribution in [2.45, 2.75) is 32.1 Å². The highest BCUT2D eigenvalue weighted by Crippen LogP contribution is 2.46. The molecule has 4 nitrogen and oxygen atoms in total. The zero-order valence-corrected chi connectivity index (χ0v) is 12.3. The number of carbonyl (C=O) groups is 1. The summed E-state index contributed by atoms with van der Waals surface area (Å²) in [5.74, 6) is 0.519. The van der Waals surface area contributed by atoms with Crippen LogP contribution in [0.1, 0.15) is 30.9 Å². The van der Waals surface area contributed by atoms with Crippen molar-refractivity contribution in [3.05, 3.63) is 29.3 Å². The van der Waals surface area contributed by atoms with E-state index in [0.29, 0.717) is 6.42 Å². The number of aliphatic hydroxyl groups excluding tert-OH is 1. The highest BCUT2D eigenvalue weighted by atomic mass is 16.7. The van der Waals surface area contributed by atoms with Gasteiger partial charge in [0.05, 0.1) is 12.5 Å². The molecule has 1 fully saturated rings. The lowest BCUT2D eigenvalue weighted by Gasteiger charge is -2.31. The van der Waals surface area contributed by atoms with E-state index in [-0.39, 0.29) is 30.5 Å². The second kappa shape index (κ2) is 5.94. The highest BCUT2D eigenvalue weighted by Gasteiger charge is 2.46. The molecule has 2 rings (SSSR count). The summed E-state index contributed by atoms with van der Waals surface area (Å²) in [5, 5.41) is 9.57. The first-order valence-electron chi connectivity index (χ1n) is 6.89. The molecule has 0 aromatic heterocycles. The van der Waals surface area contributed by atoms with Crippen LogP contribution in [0.2, 0.25) is 0 Å². The van der Waals surface area contributed by atoms with Crippen molar-refractivity contribution in [2.75, 3.05) is 20.5 Å². The topological polar surface area (TPSA) is 55.8 Å². The average molecular weight is 278 g/mol. The second-order valence-electron chi connectivity index (χ2n) is 5.67. The van der Waals surface area contributed by atoms with Gasteiger partial charge >= 0.3 is 0 Å². The zero-order valence-electron chi connectivity index (χ0n) is 12.3. The maximum atomic E-state index is 12.0. The Morgan fingerprint density at radius 3 is 2.85 bits per heavy atom. The number of ketones is 1. The second-order valence-corrected chi connectivity index (χ2v) is 5.67. The molecule has 0 spiro atoms. The third-order valence-electron chi connectivity index (χ3n) is 4.32. The van der Waals surface area contributed by atoms with E-state index in [2.05, 4.69) is 0 Å². The molecule has 0 heterocycles. The summed E-state index contributed by atoms with van der Waals surface area (Å²) in [4.78, 5) is 12.0. The lowest BCUT2D eigenvalue weighted by Crippen LogP contribution is -2.33. The molecule has 0 amide bonds. The lowest BCUT2D eigenvalue weighted by atomic mass is 9.73. The lowest BCUT2D eigenvalue weighted by molar-refractivity contribution is -0.122. The fraction of sp³-hybridized carbons (Fsp3) is 0.562. The number of aliphatic hydroxyl groups is 1. The van der Waals surface area contributed by atoms with Gasteiger partial charge in [-0.2, -0.15) is 0 Å². The van der Waals surface area contributed by atoms with Crippen molar-refractivity contribution in [3.63, 3.8) is 0 Å². The van der Waals surface area contributed by atoms with Crippen LogP contribution in [0.25, 0.3) is 0 Å². The predicted octanol–water partition coefficient (Wildman–Crippen LogP) is 2.21. The number of rotatable bonds is 5. The Balaban J connectivity index is 2.42. The molecule has 2 atom stereocenters. The largest absolute Gasteiger partial charge is 0.467 e. The summed E-state index contributed by atoms with van der Waals surface area (Å²) in [6.07, 6.45) is 1.25. The van der Waals surface area contributed by atoms with E-state index < -0.39 is 0 Å². The summed E-state index contributed by atoms with van der Waals surface area (Å²) in [7, 11) is 1.58. The molecule has 1 aliphatic carbocycles. The van der Waals surface area contributed by atoms with Crippen molar-refractivity contribution < 1.29 is 19.4 Å². The number of aryl methyl sites for hydroxylation is 1. The van der Waals surface area contributed by atoms with E-state index >= 15 is 0 Å². The van der Waals surface area contributed by atoms with Crippen molar-refractivity contribution in [1.82, 2.24) is 0 Å². The number of hydrogen-bond acceptors (Lipinski definition) is 4. The summed E-state index contributed by atoms with van der Waals surface area (Å²) in [6, 6.07) is 5.97. The van der Waals surface area contributed by atoms with Crippen LogP contribution in [0.5, 0.6) is 5.75 Å². The predicted molar refractivity (Wildman–Crippen MR) is 75.9 cm³/mol. The van der Waals surface area contributed by atoms with Gasteiger partial charge in [-0.3, -0.25) is 4.79 Å². The number of hydrogen-bond donors (Lipinski definition) is 1. The number of benzene rings is 1. The van der Waals surface area contributed by atoms with Gasteiger partial charge in [-0.05, 0) is 25.0 Å². The Labute approximate surface area is 119 Å². The molecule has 0 saturated heterocycles. The molecule has 1 saturated carbocycles. The van der Waals surface area contributed by atoms with Crippen LogP contribution in [-0.2, 0) is 14.9 Å². The van der Waals surface area contributed by atoms with Crippen LogP contribution in [0.15, 0.2) is 18.2 Å². The highest BCUT2D eigenvalue weighted by molar-refractivity contribution is 5.86. The molecular formula is C16H22O4. The van der Waals surface area contributed by atoms with Crippen LogP contribution in [0.3, 0.4) is 0 Å². The fourth-order valence-corrected chi connectivity index (χ4v) is 3.06. The van der Waals surface area contributed by atoms with Crippen molar-refractivity contribution in [3.8, 4) is 5.75 Å². The van der Waals surface area contributed by atoms with E-state index in [4.69, 9.17) is 9.47 Å². The van der Waals surface area contributed by atoms with Crippen LogP contribution in [0, 0.1) is 12.8 Å². The molecule has 0 radical (unpaired) electrons. The summed E-state index contributed by atoms with van der Waals surface area (Å²) in [5.41, 5.74) is 1.70. The molecule has 0 bridgehead atoms. The molecule has 1 unspecified atom stereocenters. The third kappa shape index (κ3) is 2.58. The van der Waals surface area contributed by atoms with Gasteiger partial charge < -0.3 is 14.6 Å². The fourth-order valence-electron chi connectivity index (χ4n) is 3.06. The van der Waals surface area contributed by atoms with Crippen molar-refractivity contribution in [2.24, 2.45) is 5.92 Å². The smallest absolute Gasteiger partial charge is 0.188 e. The Bertz CT molecular complexity index is 497. The first kappa shape index (κ1) is 15.0. The molecular weight excluding hydrogens is 256 g/mol. The Kier molecular flexibility index (Phi) is 4.45. The van der Waals surface area contributed by atoms with Gasteiger partial charge in [-0.1, -0.05) is 19.1 Å². The van der Waals surface area contributed by atoms with Crippen LogP contribution in [0.4, 0.5) is 0 Å². The normalized spacial score (nSPS) is 26.0. The van der Waals surface area contributed by atoms with Crippen molar-refractivity contribution in [1.29, 1.82) is 0 Å². The molecule has 20 heavy (non-hydrogen) atoms. The van der Waals surface area contributed by atoms with E-state index in [1.807, 2.05) is 32.0 Å². The minimum Gasteiger partial charge on any atom is -0.467 e. The Morgan fingerprint density at radius 1 is 1.45 bits per heavy atom. The standard InChI is InChI=1S/C16H22O4/c1-11-4-5-12(15(8-11)20-10-19-3)16(2)7-6-14(18)13(16)9-17/h4-5,8,13,17H,6-7,9-10H2,1-3H3/t13?,16-/m0/s1. The number of Topliss-reactive ketones (excluding diaryl/α,β-unsaturated/α-hetero) is 1. The summed E-state index contributed by atoms with van der Waals surface area (Å²) < 4.78 is 10.6. The molecule has 1 aliphatic rings. The van der Waals surface area contributed by atoms with E-state index in [9.17, 15) is 9.90 Å². The first-order chi connectivity index (χ1) is 9.52. The molecule has 1 aromatic rings. The van der Waals surface area contributed by atoms with Gasteiger partial charge in [0.1, 0.15) is 11.5 Å². The SMILES string of the molecule is COCOc1cc(C)ccc1[C@]1(C)CCC(=O)C1CO. The quantitative estimate of drug-likeness (QED) is 0.839. The summed E-state index contributed by atoms with van der Waals surface area (Å²) >= 11 is 0. The van der Waals surface area contributed by atoms with Gasteiger partial charge in [-0.15, -0.1) is 0 Å². The van der Waals surface area contributed by atoms with Gasteiger partial charge in [0.25, 0.3) is 0 Å². The maximum absolute atomic E-state index is 12.0. The van der Waals surface area contributed by atoms with Gasteiger partial charge in [0.2, 0.25) is 0 Å². The molecule has 1 N–H and O–H groups in total. The zero-order chi connectivity index (χ0) is 14.8. The summed E-state index contributed by atoms with van der Waals surface area (Å²) in [6.45, 7) is 4.08. The molecule has 1 aromatic carbocycles. The molecule has 0 aliphatic heterocycles. The molecule has 110 valence electrons. The number of carbonyl (C=O) groups excluding carboxylic acids is 1. The Morgan fingerprint density at radius 2 is 2.20 bits per heavy atom. The third-order valence-corrected chi connectivity index (χ3v) is 4.32. The average Bonchev–Trinajstić information content (AvgIpc) is 2.72. The minimum atomic E-state index is -0.372. The van der Waals surface area contributed by atoms with Gasteiger partial charge in [-0.25, -0.2) is 0 Å². The van der Waals surface area contributed by atoms with Crippen molar-refractivity contribution >= 4 is 5.78 Å². The van der Waals surface area contributed by atoms with Crippen LogP contribution in [-0.4, -0.2) is 31.4 Å². The van der Waals surface area contributed by atoms with Gasteiger partial charge in [0, 0.05) is 24.5 Å². The number of ether oxygens (including phenoxy) is 2. The van der Waals surface area contributed by atoms with Gasteiger partial charge in [0.15, 0.2) is 6.79 Å². The van der Waals surface area contributed by atoms with E-state index in [1.54, 1.807) is 7.11 Å². The van der Waals surface area contributed by atoms with Crippen LogP contribution >= 0.6 is 0 Å². The number of methoxy groups -OCH3 is 1. The van der Waals surface area contributed by atoms with Crippen LogP contribution < -0.4 is 4.74 Å². The molecule has 4 heteroatoms. The minimum absolute atomic E-state index is 0.118. The Hall–Kier alpha value is -1.39. The van der Waals surface area contributed by atoms with E-state index in [0.717, 1.165) is 23.3 Å². The first-order valence-corrected chi connectivity index (χ1v) is 6.89.